The van der Waals surface area contributed by atoms with Crippen molar-refractivity contribution in [3.63, 3.8) is 0 Å². The topological polar surface area (TPSA) is 29.9 Å². The van der Waals surface area contributed by atoms with Crippen LogP contribution in [0.25, 0.3) is 5.69 Å². The Morgan fingerprint density at radius 3 is 3.05 bits per heavy atom. The molecule has 106 valence electrons. The summed E-state index contributed by atoms with van der Waals surface area (Å²) in [6.45, 7) is 3.26. The first kappa shape index (κ1) is 13.7. The van der Waals surface area contributed by atoms with Crippen molar-refractivity contribution in [3.05, 3.63) is 40.0 Å². The molecule has 1 aliphatic heterocycles. The second-order valence-electron chi connectivity index (χ2n) is 5.30. The lowest BCUT2D eigenvalue weighted by atomic mass is 10.1. The highest BCUT2D eigenvalue weighted by molar-refractivity contribution is 9.10. The van der Waals surface area contributed by atoms with Crippen LogP contribution in [-0.4, -0.2) is 16.3 Å². The molecule has 3 rings (SSSR count). The molecular weight excluding hydrogens is 314 g/mol. The molecule has 1 aromatic carbocycles. The molecule has 2 heterocycles. The van der Waals surface area contributed by atoms with E-state index < -0.39 is 0 Å². The molecule has 1 N–H and O–H groups in total. The van der Waals surface area contributed by atoms with Crippen molar-refractivity contribution in [1.82, 2.24) is 9.78 Å². The Hall–Kier alpha value is -1.29. The van der Waals surface area contributed by atoms with Crippen LogP contribution in [0.4, 0.5) is 5.82 Å². The van der Waals surface area contributed by atoms with E-state index in [1.165, 1.54) is 29.9 Å². The molecule has 4 heteroatoms. The van der Waals surface area contributed by atoms with Crippen LogP contribution in [-0.2, 0) is 12.8 Å². The molecule has 1 aromatic heterocycles. The van der Waals surface area contributed by atoms with Gasteiger partial charge in [0.05, 0.1) is 11.4 Å². The normalized spacial score (nSPS) is 14.5. The van der Waals surface area contributed by atoms with Crippen molar-refractivity contribution >= 4 is 21.7 Å². The number of benzene rings is 1. The number of hydrogen-bond acceptors (Lipinski definition) is 2. The number of rotatable bonds is 3. The van der Waals surface area contributed by atoms with Gasteiger partial charge in [-0.1, -0.05) is 35.3 Å². The van der Waals surface area contributed by atoms with Gasteiger partial charge in [-0.05, 0) is 43.9 Å². The maximum atomic E-state index is 4.87. The van der Waals surface area contributed by atoms with Gasteiger partial charge in [0.25, 0.3) is 0 Å². The number of aromatic nitrogens is 2. The third-order valence-electron chi connectivity index (χ3n) is 3.75. The van der Waals surface area contributed by atoms with E-state index in [2.05, 4.69) is 51.1 Å². The number of fused-ring (bicyclic) bond motifs is 1. The summed E-state index contributed by atoms with van der Waals surface area (Å²) in [6.07, 6.45) is 5.83. The Morgan fingerprint density at radius 1 is 1.35 bits per heavy atom. The van der Waals surface area contributed by atoms with Crippen LogP contribution in [0.5, 0.6) is 0 Å². The van der Waals surface area contributed by atoms with E-state index in [1.807, 2.05) is 6.07 Å². The zero-order valence-corrected chi connectivity index (χ0v) is 13.4. The van der Waals surface area contributed by atoms with Crippen molar-refractivity contribution in [2.75, 3.05) is 11.9 Å². The van der Waals surface area contributed by atoms with Gasteiger partial charge in [0.1, 0.15) is 5.82 Å². The lowest BCUT2D eigenvalue weighted by Crippen LogP contribution is -2.07. The molecule has 0 amide bonds. The summed E-state index contributed by atoms with van der Waals surface area (Å²) < 4.78 is 3.17. The van der Waals surface area contributed by atoms with Crippen LogP contribution in [0.1, 0.15) is 37.4 Å². The van der Waals surface area contributed by atoms with Crippen molar-refractivity contribution < 1.29 is 0 Å². The maximum absolute atomic E-state index is 4.87. The average molecular weight is 334 g/mol. The van der Waals surface area contributed by atoms with Crippen LogP contribution in [0.2, 0.25) is 0 Å². The van der Waals surface area contributed by atoms with Crippen LogP contribution in [0.3, 0.4) is 0 Å². The van der Waals surface area contributed by atoms with Gasteiger partial charge in [-0.2, -0.15) is 5.10 Å². The predicted octanol–water partition coefficient (Wildman–Crippen LogP) is 4.34. The Morgan fingerprint density at radius 2 is 2.25 bits per heavy atom. The van der Waals surface area contributed by atoms with Crippen molar-refractivity contribution in [2.24, 2.45) is 0 Å². The molecule has 0 spiro atoms. The number of nitrogens with one attached hydrogen (secondary N) is 1. The van der Waals surface area contributed by atoms with E-state index in [4.69, 9.17) is 5.10 Å². The molecule has 0 bridgehead atoms. The smallest absolute Gasteiger partial charge is 0.133 e. The SMILES string of the molecule is CCCc1nn(-c2cccc(Br)c2)c2c1CCCCN2. The highest BCUT2D eigenvalue weighted by Gasteiger charge is 2.19. The highest BCUT2D eigenvalue weighted by Crippen LogP contribution is 2.29. The Bertz CT molecular complexity index is 604. The first-order chi connectivity index (χ1) is 9.79. The zero-order valence-electron chi connectivity index (χ0n) is 11.8. The monoisotopic (exact) mass is 333 g/mol. The number of anilines is 1. The largest absolute Gasteiger partial charge is 0.370 e. The first-order valence-electron chi connectivity index (χ1n) is 7.40. The van der Waals surface area contributed by atoms with Gasteiger partial charge in [0.2, 0.25) is 0 Å². The summed E-state index contributed by atoms with van der Waals surface area (Å²) >= 11 is 3.55. The molecule has 0 unspecified atom stereocenters. The Balaban J connectivity index is 2.10. The van der Waals surface area contributed by atoms with E-state index in [0.717, 1.165) is 36.0 Å². The summed E-state index contributed by atoms with van der Waals surface area (Å²) in [6, 6.07) is 8.34. The molecule has 20 heavy (non-hydrogen) atoms. The molecule has 2 aromatic rings. The quantitative estimate of drug-likeness (QED) is 0.905. The molecule has 0 fully saturated rings. The van der Waals surface area contributed by atoms with Crippen molar-refractivity contribution in [2.45, 2.75) is 39.0 Å². The molecule has 0 saturated carbocycles. The first-order valence-corrected chi connectivity index (χ1v) is 8.19. The molecule has 0 atom stereocenters. The van der Waals surface area contributed by atoms with E-state index >= 15 is 0 Å². The molecule has 1 aliphatic rings. The van der Waals surface area contributed by atoms with Crippen LogP contribution in [0, 0.1) is 0 Å². The van der Waals surface area contributed by atoms with Gasteiger partial charge in [0, 0.05) is 16.6 Å². The number of halogens is 1. The second kappa shape index (κ2) is 6.00. The summed E-state index contributed by atoms with van der Waals surface area (Å²) in [5, 5.41) is 8.44. The van der Waals surface area contributed by atoms with E-state index in [-0.39, 0.29) is 0 Å². The molecule has 3 nitrogen and oxygen atoms in total. The highest BCUT2D eigenvalue weighted by atomic mass is 79.9. The van der Waals surface area contributed by atoms with Crippen LogP contribution < -0.4 is 5.32 Å². The summed E-state index contributed by atoms with van der Waals surface area (Å²) in [4.78, 5) is 0. The molecule has 0 radical (unpaired) electrons. The Kier molecular flexibility index (Phi) is 4.10. The van der Waals surface area contributed by atoms with E-state index in [0.29, 0.717) is 0 Å². The summed E-state index contributed by atoms with van der Waals surface area (Å²) in [5.41, 5.74) is 3.80. The fourth-order valence-corrected chi connectivity index (χ4v) is 3.19. The van der Waals surface area contributed by atoms with E-state index in [9.17, 15) is 0 Å². The summed E-state index contributed by atoms with van der Waals surface area (Å²) in [7, 11) is 0. The third-order valence-corrected chi connectivity index (χ3v) is 4.25. The fraction of sp³-hybridized carbons (Fsp3) is 0.438. The lowest BCUT2D eigenvalue weighted by Gasteiger charge is -2.09. The van der Waals surface area contributed by atoms with Crippen LogP contribution >= 0.6 is 15.9 Å². The van der Waals surface area contributed by atoms with Crippen molar-refractivity contribution in [1.29, 1.82) is 0 Å². The average Bonchev–Trinajstić information content (AvgIpc) is 2.62. The van der Waals surface area contributed by atoms with Gasteiger partial charge in [-0.25, -0.2) is 4.68 Å². The van der Waals surface area contributed by atoms with Crippen molar-refractivity contribution in [3.8, 4) is 5.69 Å². The maximum Gasteiger partial charge on any atom is 0.133 e. The standard InChI is InChI=1S/C16H20BrN3/c1-2-6-15-14-9-3-4-10-18-16(14)20(19-15)13-8-5-7-12(17)11-13/h5,7-8,11,18H,2-4,6,9-10H2,1H3. The van der Waals surface area contributed by atoms with E-state index in [1.54, 1.807) is 0 Å². The minimum Gasteiger partial charge on any atom is -0.370 e. The number of aryl methyl sites for hydroxylation is 1. The minimum absolute atomic E-state index is 1.04. The predicted molar refractivity (Wildman–Crippen MR) is 86.7 cm³/mol. The fourth-order valence-electron chi connectivity index (χ4n) is 2.81. The Labute approximate surface area is 128 Å². The van der Waals surface area contributed by atoms with Gasteiger partial charge >= 0.3 is 0 Å². The third kappa shape index (κ3) is 2.62. The number of nitrogens with zero attached hydrogens (tertiary/aromatic N) is 2. The molecule has 0 saturated heterocycles. The van der Waals surface area contributed by atoms with Crippen LogP contribution in [0.15, 0.2) is 28.7 Å². The summed E-state index contributed by atoms with van der Waals surface area (Å²) in [5.74, 6) is 1.20. The number of hydrogen-bond donors (Lipinski definition) is 1. The van der Waals surface area contributed by atoms with Gasteiger partial charge in [-0.3, -0.25) is 0 Å². The van der Waals surface area contributed by atoms with Gasteiger partial charge in [-0.15, -0.1) is 0 Å². The van der Waals surface area contributed by atoms with Gasteiger partial charge in [0.15, 0.2) is 0 Å². The molecular formula is C16H20BrN3. The second-order valence-corrected chi connectivity index (χ2v) is 6.22. The zero-order chi connectivity index (χ0) is 13.9. The lowest BCUT2D eigenvalue weighted by molar-refractivity contribution is 0.753. The van der Waals surface area contributed by atoms with Gasteiger partial charge < -0.3 is 5.32 Å². The minimum atomic E-state index is 1.04. The molecule has 0 aliphatic carbocycles.